The van der Waals surface area contributed by atoms with Crippen molar-refractivity contribution in [3.8, 4) is 0 Å². The predicted octanol–water partition coefficient (Wildman–Crippen LogP) is 4.83. The molecule has 178 valence electrons. The average molecular weight is 480 g/mol. The second kappa shape index (κ2) is 8.91. The number of non-ortho nitro benzene ring substituents is 1. The molecule has 0 atom stereocenters. The van der Waals surface area contributed by atoms with E-state index >= 15 is 0 Å². The second-order valence-electron chi connectivity index (χ2n) is 8.31. The zero-order valence-electron chi connectivity index (χ0n) is 19.5. The van der Waals surface area contributed by atoms with Gasteiger partial charge in [-0.2, -0.15) is 9.78 Å². The van der Waals surface area contributed by atoms with Gasteiger partial charge in [0.25, 0.3) is 11.6 Å². The van der Waals surface area contributed by atoms with Crippen molar-refractivity contribution >= 4 is 51.5 Å². The van der Waals surface area contributed by atoms with Gasteiger partial charge in [-0.05, 0) is 49.2 Å². The minimum Gasteiger partial charge on any atom is -0.383 e. The van der Waals surface area contributed by atoms with E-state index in [-0.39, 0.29) is 22.7 Å². The first kappa shape index (κ1) is 22.7. The average Bonchev–Trinajstić information content (AvgIpc) is 3.13. The largest absolute Gasteiger partial charge is 0.383 e. The molecular weight excluding hydrogens is 458 g/mol. The number of fused-ring (bicyclic) bond motifs is 2. The van der Waals surface area contributed by atoms with Crippen molar-refractivity contribution in [1.82, 2.24) is 14.6 Å². The molecule has 0 radical (unpaired) electrons. The Morgan fingerprint density at radius 3 is 2.50 bits per heavy atom. The van der Waals surface area contributed by atoms with Crippen molar-refractivity contribution < 1.29 is 9.72 Å². The maximum atomic E-state index is 13.4. The molecule has 0 aliphatic rings. The van der Waals surface area contributed by atoms with Crippen LogP contribution in [0.5, 0.6) is 0 Å². The van der Waals surface area contributed by atoms with E-state index in [2.05, 4.69) is 20.4 Å². The van der Waals surface area contributed by atoms with Crippen LogP contribution in [0.2, 0.25) is 0 Å². The molecule has 10 heteroatoms. The molecule has 5 aromatic rings. The lowest BCUT2D eigenvalue weighted by atomic mass is 10.1. The van der Waals surface area contributed by atoms with Crippen LogP contribution in [0, 0.1) is 24.0 Å². The lowest BCUT2D eigenvalue weighted by molar-refractivity contribution is -0.384. The molecule has 0 unspecified atom stereocenters. The number of nitro benzene ring substituents is 1. The van der Waals surface area contributed by atoms with Gasteiger partial charge in [-0.3, -0.25) is 14.9 Å². The van der Waals surface area contributed by atoms with Crippen LogP contribution in [0.1, 0.15) is 27.0 Å². The van der Waals surface area contributed by atoms with Gasteiger partial charge < -0.3 is 11.1 Å². The van der Waals surface area contributed by atoms with Gasteiger partial charge in [0.1, 0.15) is 16.9 Å². The summed E-state index contributed by atoms with van der Waals surface area (Å²) in [5.74, 6) is -0.405. The van der Waals surface area contributed by atoms with E-state index in [1.807, 2.05) is 44.2 Å². The number of hydrogen-bond donors (Lipinski definition) is 2. The zero-order valence-corrected chi connectivity index (χ0v) is 19.5. The Morgan fingerprint density at radius 1 is 1.03 bits per heavy atom. The van der Waals surface area contributed by atoms with E-state index in [1.165, 1.54) is 23.0 Å². The molecular formula is C26H21N7O3. The number of nitrogen functional groups attached to an aromatic ring is 1. The first-order valence-corrected chi connectivity index (χ1v) is 11.1. The van der Waals surface area contributed by atoms with E-state index in [4.69, 9.17) is 5.73 Å². The Hall–Kier alpha value is -5.12. The second-order valence-corrected chi connectivity index (χ2v) is 8.31. The molecule has 0 saturated heterocycles. The summed E-state index contributed by atoms with van der Waals surface area (Å²) in [6.45, 7) is 3.96. The fraction of sp³-hybridized carbons (Fsp3) is 0.0769. The van der Waals surface area contributed by atoms with Crippen LogP contribution in [0.3, 0.4) is 0 Å². The molecule has 36 heavy (non-hydrogen) atoms. The monoisotopic (exact) mass is 479 g/mol. The maximum Gasteiger partial charge on any atom is 0.270 e. The zero-order chi connectivity index (χ0) is 25.4. The minimum atomic E-state index is -0.483. The van der Waals surface area contributed by atoms with E-state index in [0.29, 0.717) is 27.8 Å². The van der Waals surface area contributed by atoms with Crippen molar-refractivity contribution in [2.45, 2.75) is 13.8 Å². The fourth-order valence-electron chi connectivity index (χ4n) is 3.84. The standard InChI is InChI=1S/C26H21N7O3/c1-15-10-11-18(12-16(15)2)29-26(34)22-23-25(31-21-9-4-3-8-20(21)30-23)32(24(22)27)28-14-17-6-5-7-19(13-17)33(35)36/h3-14H,27H2,1-2H3,(H,29,34). The van der Waals surface area contributed by atoms with E-state index < -0.39 is 10.8 Å². The SMILES string of the molecule is Cc1ccc(NC(=O)c2c(N)n(N=Cc3cccc([N+](=O)[O-])c3)c3nc4ccccc4nc23)cc1C. The van der Waals surface area contributed by atoms with E-state index in [9.17, 15) is 14.9 Å². The van der Waals surface area contributed by atoms with Crippen molar-refractivity contribution in [2.24, 2.45) is 5.10 Å². The Morgan fingerprint density at radius 2 is 1.78 bits per heavy atom. The molecule has 5 rings (SSSR count). The predicted molar refractivity (Wildman–Crippen MR) is 139 cm³/mol. The molecule has 3 N–H and O–H groups in total. The van der Waals surface area contributed by atoms with E-state index in [0.717, 1.165) is 11.1 Å². The minimum absolute atomic E-state index is 0.0447. The summed E-state index contributed by atoms with van der Waals surface area (Å²) in [6.07, 6.45) is 1.42. The van der Waals surface area contributed by atoms with Gasteiger partial charge in [0.05, 0.1) is 22.2 Å². The van der Waals surface area contributed by atoms with Gasteiger partial charge in [-0.15, -0.1) is 0 Å². The summed E-state index contributed by atoms with van der Waals surface area (Å²) in [5, 5.41) is 18.4. The van der Waals surface area contributed by atoms with Gasteiger partial charge >= 0.3 is 0 Å². The smallest absolute Gasteiger partial charge is 0.270 e. The number of benzene rings is 3. The lowest BCUT2D eigenvalue weighted by Gasteiger charge is -2.08. The summed E-state index contributed by atoms with van der Waals surface area (Å²) in [6, 6.07) is 18.9. The third-order valence-corrected chi connectivity index (χ3v) is 5.87. The number of rotatable bonds is 5. The molecule has 1 amide bonds. The highest BCUT2D eigenvalue weighted by molar-refractivity contribution is 6.16. The molecule has 2 heterocycles. The number of carbonyl (C=O) groups is 1. The number of anilines is 2. The van der Waals surface area contributed by atoms with Gasteiger partial charge in [-0.25, -0.2) is 9.97 Å². The molecule has 0 bridgehead atoms. The van der Waals surface area contributed by atoms with Crippen LogP contribution in [0.4, 0.5) is 17.2 Å². The Labute approximate surface area is 205 Å². The Balaban J connectivity index is 1.64. The first-order chi connectivity index (χ1) is 17.3. The molecule has 0 spiro atoms. The molecule has 0 aliphatic carbocycles. The van der Waals surface area contributed by atoms with E-state index in [1.54, 1.807) is 24.3 Å². The highest BCUT2D eigenvalue weighted by atomic mass is 16.6. The molecule has 3 aromatic carbocycles. The number of aromatic nitrogens is 3. The number of hydrogen-bond acceptors (Lipinski definition) is 7. The van der Waals surface area contributed by atoms with Crippen molar-refractivity contribution in [1.29, 1.82) is 0 Å². The Kier molecular flexibility index (Phi) is 5.61. The number of nitrogens with zero attached hydrogens (tertiary/aromatic N) is 5. The van der Waals surface area contributed by atoms with Crippen LogP contribution >= 0.6 is 0 Å². The van der Waals surface area contributed by atoms with Gasteiger partial charge in [0, 0.05) is 23.4 Å². The third-order valence-electron chi connectivity index (χ3n) is 5.87. The van der Waals surface area contributed by atoms with Crippen LogP contribution in [0.15, 0.2) is 71.8 Å². The summed E-state index contributed by atoms with van der Waals surface area (Å²) in [5.41, 5.74) is 11.5. The quantitative estimate of drug-likeness (QED) is 0.210. The lowest BCUT2D eigenvalue weighted by Crippen LogP contribution is -2.14. The summed E-state index contributed by atoms with van der Waals surface area (Å²) in [4.78, 5) is 33.3. The first-order valence-electron chi connectivity index (χ1n) is 11.1. The highest BCUT2D eigenvalue weighted by Crippen LogP contribution is 2.29. The van der Waals surface area contributed by atoms with Gasteiger partial charge in [-0.1, -0.05) is 30.3 Å². The number of para-hydroxylation sites is 2. The normalized spacial score (nSPS) is 11.4. The van der Waals surface area contributed by atoms with Gasteiger partial charge in [0.15, 0.2) is 5.65 Å². The number of nitrogens with one attached hydrogen (secondary N) is 1. The molecule has 10 nitrogen and oxygen atoms in total. The summed E-state index contributed by atoms with van der Waals surface area (Å²) >= 11 is 0. The number of amides is 1. The number of carbonyl (C=O) groups excluding carboxylic acids is 1. The van der Waals surface area contributed by atoms with Crippen LogP contribution in [-0.4, -0.2) is 31.7 Å². The van der Waals surface area contributed by atoms with Crippen molar-refractivity contribution in [2.75, 3.05) is 11.1 Å². The Bertz CT molecular complexity index is 1710. The van der Waals surface area contributed by atoms with Crippen molar-refractivity contribution in [3.05, 3.63) is 99.1 Å². The maximum absolute atomic E-state index is 13.4. The molecule has 2 aromatic heterocycles. The number of aryl methyl sites for hydroxylation is 2. The molecule has 0 saturated carbocycles. The van der Waals surface area contributed by atoms with Gasteiger partial charge in [0.2, 0.25) is 0 Å². The third kappa shape index (κ3) is 4.11. The highest BCUT2D eigenvalue weighted by Gasteiger charge is 2.24. The van der Waals surface area contributed by atoms with Crippen LogP contribution in [-0.2, 0) is 0 Å². The summed E-state index contributed by atoms with van der Waals surface area (Å²) < 4.78 is 1.32. The number of nitrogens with two attached hydrogens (primary N) is 1. The van der Waals surface area contributed by atoms with Crippen LogP contribution in [0.25, 0.3) is 22.2 Å². The number of nitro groups is 1. The molecule has 0 aliphatic heterocycles. The van der Waals surface area contributed by atoms with Crippen LogP contribution < -0.4 is 11.1 Å². The van der Waals surface area contributed by atoms with Crippen molar-refractivity contribution in [3.63, 3.8) is 0 Å². The summed E-state index contributed by atoms with van der Waals surface area (Å²) in [7, 11) is 0. The fourth-order valence-corrected chi connectivity index (χ4v) is 3.84. The molecule has 0 fully saturated rings. The topological polar surface area (TPSA) is 141 Å².